The van der Waals surface area contributed by atoms with Crippen molar-refractivity contribution < 1.29 is 14.3 Å². The third-order valence-corrected chi connectivity index (χ3v) is 2.76. The predicted octanol–water partition coefficient (Wildman–Crippen LogP) is 1.29. The molecule has 0 spiro atoms. The van der Waals surface area contributed by atoms with Gasteiger partial charge < -0.3 is 20.1 Å². The number of ether oxygens (including phenoxy) is 2. The second-order valence-electron chi connectivity index (χ2n) is 3.87. The fraction of sp³-hybridized carbons (Fsp3) is 0.417. The van der Waals surface area contributed by atoms with E-state index in [1.807, 2.05) is 13.0 Å². The van der Waals surface area contributed by atoms with Gasteiger partial charge in [0.15, 0.2) is 11.5 Å². The number of nitrogens with one attached hydrogen (secondary N) is 2. The number of carbonyl (C=O) groups excluding carboxylic acids is 1. The zero-order valence-corrected chi connectivity index (χ0v) is 10.8. The largest absolute Gasteiger partial charge is 0.454 e. The van der Waals surface area contributed by atoms with Crippen LogP contribution in [0.3, 0.4) is 0 Å². The number of benzene rings is 1. The Hall–Kier alpha value is -1.46. The van der Waals surface area contributed by atoms with E-state index in [4.69, 9.17) is 21.1 Å². The lowest BCUT2D eigenvalue weighted by atomic mass is 10.2. The van der Waals surface area contributed by atoms with Gasteiger partial charge in [0.1, 0.15) is 0 Å². The molecule has 5 nitrogen and oxygen atoms in total. The van der Waals surface area contributed by atoms with Crippen LogP contribution in [0.25, 0.3) is 0 Å². The standard InChI is InChI=1S/C12H15ClN2O3/c1-2-15-11(16)6-14-5-8-3-9(13)12-10(4-8)17-7-18-12/h3-4,14H,2,5-7H2,1H3,(H,15,16). The first-order chi connectivity index (χ1) is 8.70. The van der Waals surface area contributed by atoms with Crippen molar-refractivity contribution in [2.24, 2.45) is 0 Å². The van der Waals surface area contributed by atoms with Crippen molar-refractivity contribution in [3.63, 3.8) is 0 Å². The number of rotatable bonds is 5. The van der Waals surface area contributed by atoms with E-state index >= 15 is 0 Å². The number of fused-ring (bicyclic) bond motifs is 1. The molecule has 1 amide bonds. The van der Waals surface area contributed by atoms with Crippen LogP contribution in [0, 0.1) is 0 Å². The quantitative estimate of drug-likeness (QED) is 0.847. The van der Waals surface area contributed by atoms with Gasteiger partial charge >= 0.3 is 0 Å². The summed E-state index contributed by atoms with van der Waals surface area (Å²) in [5, 5.41) is 6.28. The Bertz CT molecular complexity index is 451. The predicted molar refractivity (Wildman–Crippen MR) is 68.0 cm³/mol. The van der Waals surface area contributed by atoms with Crippen LogP contribution in [0.1, 0.15) is 12.5 Å². The summed E-state index contributed by atoms with van der Waals surface area (Å²) in [5.74, 6) is 1.21. The minimum atomic E-state index is -0.0238. The highest BCUT2D eigenvalue weighted by Crippen LogP contribution is 2.39. The number of amides is 1. The molecular weight excluding hydrogens is 256 g/mol. The zero-order chi connectivity index (χ0) is 13.0. The lowest BCUT2D eigenvalue weighted by molar-refractivity contribution is -0.120. The second kappa shape index (κ2) is 5.93. The molecule has 0 radical (unpaired) electrons. The number of halogens is 1. The highest BCUT2D eigenvalue weighted by molar-refractivity contribution is 6.32. The number of likely N-dealkylation sites (N-methyl/N-ethyl adjacent to an activating group) is 1. The van der Waals surface area contributed by atoms with Crippen molar-refractivity contribution in [3.05, 3.63) is 22.7 Å². The summed E-state index contributed by atoms with van der Waals surface area (Å²) in [4.78, 5) is 11.2. The average Bonchev–Trinajstić information content (AvgIpc) is 2.78. The molecule has 0 aromatic heterocycles. The highest BCUT2D eigenvalue weighted by Gasteiger charge is 2.18. The second-order valence-corrected chi connectivity index (χ2v) is 4.28. The maximum atomic E-state index is 11.2. The Morgan fingerprint density at radius 2 is 2.28 bits per heavy atom. The third kappa shape index (κ3) is 3.05. The summed E-state index contributed by atoms with van der Waals surface area (Å²) >= 11 is 6.05. The van der Waals surface area contributed by atoms with Gasteiger partial charge in [-0.3, -0.25) is 4.79 Å². The van der Waals surface area contributed by atoms with Crippen LogP contribution in [0.5, 0.6) is 11.5 Å². The summed E-state index contributed by atoms with van der Waals surface area (Å²) in [7, 11) is 0. The lowest BCUT2D eigenvalue weighted by Crippen LogP contribution is -2.33. The van der Waals surface area contributed by atoms with E-state index in [-0.39, 0.29) is 19.2 Å². The Morgan fingerprint density at radius 3 is 3.06 bits per heavy atom. The molecule has 18 heavy (non-hydrogen) atoms. The van der Waals surface area contributed by atoms with Gasteiger partial charge in [-0.1, -0.05) is 11.6 Å². The van der Waals surface area contributed by atoms with E-state index in [0.717, 1.165) is 5.56 Å². The molecule has 0 bridgehead atoms. The maximum Gasteiger partial charge on any atom is 0.233 e. The van der Waals surface area contributed by atoms with E-state index in [1.54, 1.807) is 6.07 Å². The number of hydrogen-bond donors (Lipinski definition) is 2. The summed E-state index contributed by atoms with van der Waals surface area (Å²) < 4.78 is 10.5. The smallest absolute Gasteiger partial charge is 0.233 e. The first-order valence-electron chi connectivity index (χ1n) is 5.76. The highest BCUT2D eigenvalue weighted by atomic mass is 35.5. The van der Waals surface area contributed by atoms with Crippen LogP contribution in [0.4, 0.5) is 0 Å². The first kappa shape index (κ1) is 13.0. The minimum absolute atomic E-state index is 0.0238. The van der Waals surface area contributed by atoms with Gasteiger partial charge in [-0.2, -0.15) is 0 Å². The van der Waals surface area contributed by atoms with Gasteiger partial charge in [0.2, 0.25) is 12.7 Å². The monoisotopic (exact) mass is 270 g/mol. The normalized spacial score (nSPS) is 12.6. The van der Waals surface area contributed by atoms with Crippen molar-refractivity contribution in [3.8, 4) is 11.5 Å². The summed E-state index contributed by atoms with van der Waals surface area (Å²) in [6, 6.07) is 3.67. The Labute approximate surface area is 110 Å². The van der Waals surface area contributed by atoms with Crippen LogP contribution in [0.2, 0.25) is 5.02 Å². The zero-order valence-electron chi connectivity index (χ0n) is 10.1. The molecule has 2 rings (SSSR count). The molecule has 1 aromatic carbocycles. The van der Waals surface area contributed by atoms with E-state index < -0.39 is 0 Å². The van der Waals surface area contributed by atoms with Gasteiger partial charge in [-0.25, -0.2) is 0 Å². The van der Waals surface area contributed by atoms with Crippen molar-refractivity contribution in [1.82, 2.24) is 10.6 Å². The minimum Gasteiger partial charge on any atom is -0.454 e. The van der Waals surface area contributed by atoms with Gasteiger partial charge in [-0.15, -0.1) is 0 Å². The van der Waals surface area contributed by atoms with E-state index in [1.165, 1.54) is 0 Å². The third-order valence-electron chi connectivity index (χ3n) is 2.48. The molecule has 0 saturated carbocycles. The molecule has 0 fully saturated rings. The van der Waals surface area contributed by atoms with E-state index in [9.17, 15) is 4.79 Å². The van der Waals surface area contributed by atoms with Crippen LogP contribution < -0.4 is 20.1 Å². The molecule has 6 heteroatoms. The van der Waals surface area contributed by atoms with Crippen molar-refractivity contribution in [2.75, 3.05) is 19.9 Å². The van der Waals surface area contributed by atoms with Gasteiger partial charge in [0, 0.05) is 13.1 Å². The van der Waals surface area contributed by atoms with Gasteiger partial charge in [-0.05, 0) is 24.6 Å². The van der Waals surface area contributed by atoms with Gasteiger partial charge in [0.25, 0.3) is 0 Å². The number of hydrogen-bond acceptors (Lipinski definition) is 4. The molecule has 0 unspecified atom stereocenters. The molecule has 0 aliphatic carbocycles. The number of carbonyl (C=O) groups is 1. The van der Waals surface area contributed by atoms with Gasteiger partial charge in [0.05, 0.1) is 11.6 Å². The molecule has 0 saturated heterocycles. The van der Waals surface area contributed by atoms with Crippen LogP contribution in [-0.2, 0) is 11.3 Å². The van der Waals surface area contributed by atoms with Crippen molar-refractivity contribution in [1.29, 1.82) is 0 Å². The molecular formula is C12H15ClN2O3. The summed E-state index contributed by atoms with van der Waals surface area (Å²) in [6.07, 6.45) is 0. The molecule has 1 heterocycles. The SMILES string of the molecule is CCNC(=O)CNCc1cc(Cl)c2c(c1)OCO2. The molecule has 1 aliphatic heterocycles. The van der Waals surface area contributed by atoms with E-state index in [2.05, 4.69) is 10.6 Å². The van der Waals surface area contributed by atoms with Crippen LogP contribution >= 0.6 is 11.6 Å². The maximum absolute atomic E-state index is 11.2. The average molecular weight is 271 g/mol. The Kier molecular flexibility index (Phi) is 4.28. The topological polar surface area (TPSA) is 59.6 Å². The lowest BCUT2D eigenvalue weighted by Gasteiger charge is -2.07. The first-order valence-corrected chi connectivity index (χ1v) is 6.14. The van der Waals surface area contributed by atoms with Crippen LogP contribution in [-0.4, -0.2) is 25.8 Å². The molecule has 1 aromatic rings. The van der Waals surface area contributed by atoms with Crippen molar-refractivity contribution >= 4 is 17.5 Å². The fourth-order valence-electron chi connectivity index (χ4n) is 1.70. The molecule has 2 N–H and O–H groups in total. The molecule has 1 aliphatic rings. The fourth-order valence-corrected chi connectivity index (χ4v) is 1.99. The molecule has 0 atom stereocenters. The van der Waals surface area contributed by atoms with Crippen molar-refractivity contribution in [2.45, 2.75) is 13.5 Å². The summed E-state index contributed by atoms with van der Waals surface area (Å²) in [6.45, 7) is 3.55. The van der Waals surface area contributed by atoms with E-state index in [0.29, 0.717) is 29.6 Å². The Balaban J connectivity index is 1.90. The molecule has 98 valence electrons. The Morgan fingerprint density at radius 1 is 1.44 bits per heavy atom. The van der Waals surface area contributed by atoms with Crippen LogP contribution in [0.15, 0.2) is 12.1 Å². The summed E-state index contributed by atoms with van der Waals surface area (Å²) in [5.41, 5.74) is 0.952.